The van der Waals surface area contributed by atoms with Crippen molar-refractivity contribution in [2.24, 2.45) is 10.9 Å². The summed E-state index contributed by atoms with van der Waals surface area (Å²) in [5.74, 6) is 0.374. The van der Waals surface area contributed by atoms with Crippen LogP contribution in [0.25, 0.3) is 0 Å². The van der Waals surface area contributed by atoms with E-state index in [-0.39, 0.29) is 23.9 Å². The van der Waals surface area contributed by atoms with Crippen LogP contribution >= 0.6 is 0 Å². The van der Waals surface area contributed by atoms with Gasteiger partial charge in [-0.3, -0.25) is 9.69 Å². The summed E-state index contributed by atoms with van der Waals surface area (Å²) in [5.41, 5.74) is 5.79. The maximum absolute atomic E-state index is 12.3. The number of oxime groups is 1. The van der Waals surface area contributed by atoms with E-state index >= 15 is 0 Å². The Kier molecular flexibility index (Phi) is 5.81. The highest BCUT2D eigenvalue weighted by molar-refractivity contribution is 5.85. The first-order chi connectivity index (χ1) is 10.2. The van der Waals surface area contributed by atoms with E-state index in [1.54, 1.807) is 0 Å². The van der Waals surface area contributed by atoms with Gasteiger partial charge in [0.2, 0.25) is 0 Å². The normalized spacial score (nSPS) is 26.0. The molecule has 0 aromatic rings. The Morgan fingerprint density at radius 2 is 2.14 bits per heavy atom. The van der Waals surface area contributed by atoms with Crippen LogP contribution in [0.1, 0.15) is 32.6 Å². The van der Waals surface area contributed by atoms with Crippen LogP contribution in [-0.4, -0.2) is 71.7 Å². The summed E-state index contributed by atoms with van der Waals surface area (Å²) in [6, 6.07) is -0.0417. The minimum absolute atomic E-state index is 0.0417. The Bertz CT molecular complexity index is 374. The number of hydrogen-bond donors (Lipinski definition) is 2. The Labute approximate surface area is 125 Å². The highest BCUT2D eigenvalue weighted by Crippen LogP contribution is 2.17. The van der Waals surface area contributed by atoms with E-state index in [2.05, 4.69) is 17.0 Å². The van der Waals surface area contributed by atoms with Crippen molar-refractivity contribution in [2.45, 2.75) is 44.8 Å². The van der Waals surface area contributed by atoms with E-state index in [1.807, 2.05) is 4.90 Å². The summed E-state index contributed by atoms with van der Waals surface area (Å²) < 4.78 is 5.46. The van der Waals surface area contributed by atoms with E-state index in [4.69, 9.17) is 15.7 Å². The van der Waals surface area contributed by atoms with Crippen molar-refractivity contribution in [3.05, 3.63) is 0 Å². The molecule has 0 aromatic carbocycles. The zero-order valence-electron chi connectivity index (χ0n) is 12.7. The monoisotopic (exact) mass is 298 g/mol. The summed E-state index contributed by atoms with van der Waals surface area (Å²) in [7, 11) is 0. The lowest BCUT2D eigenvalue weighted by Crippen LogP contribution is -2.56. The lowest BCUT2D eigenvalue weighted by Gasteiger charge is -2.39. The average molecular weight is 298 g/mol. The fourth-order valence-electron chi connectivity index (χ4n) is 3.09. The predicted octanol–water partition coefficient (Wildman–Crippen LogP) is 0.225. The molecular weight excluding hydrogens is 272 g/mol. The molecule has 7 heteroatoms. The molecule has 2 saturated heterocycles. The summed E-state index contributed by atoms with van der Waals surface area (Å²) in [4.78, 5) is 16.4. The van der Waals surface area contributed by atoms with Crippen LogP contribution in [0.15, 0.2) is 5.16 Å². The molecule has 2 aliphatic heterocycles. The molecule has 2 fully saturated rings. The lowest BCUT2D eigenvalue weighted by atomic mass is 10.1. The second kappa shape index (κ2) is 7.61. The molecule has 2 aliphatic rings. The molecule has 0 aromatic heterocycles. The fourth-order valence-corrected chi connectivity index (χ4v) is 3.09. The molecule has 21 heavy (non-hydrogen) atoms. The number of hydrogen-bond acceptors (Lipinski definition) is 5. The van der Waals surface area contributed by atoms with Crippen LogP contribution in [0, 0.1) is 0 Å². The van der Waals surface area contributed by atoms with Crippen molar-refractivity contribution in [3.8, 4) is 0 Å². The first-order valence-electron chi connectivity index (χ1n) is 7.79. The Morgan fingerprint density at radius 1 is 1.43 bits per heavy atom. The van der Waals surface area contributed by atoms with Crippen molar-refractivity contribution >= 4 is 11.7 Å². The molecule has 2 heterocycles. The van der Waals surface area contributed by atoms with Gasteiger partial charge in [0.05, 0.1) is 6.04 Å². The number of amidine groups is 1. The standard InChI is InChI=1S/C14H26N4O3/c1-2-4-11(13(15)16-20)17-6-8-18(9-7-17)14(19)12-5-3-10-21-12/h11-12,20H,2-10H2,1H3,(H2,15,16). The summed E-state index contributed by atoms with van der Waals surface area (Å²) >= 11 is 0. The second-order valence-electron chi connectivity index (χ2n) is 5.69. The van der Waals surface area contributed by atoms with E-state index in [1.165, 1.54) is 0 Å². The minimum atomic E-state index is -0.243. The Balaban J connectivity index is 1.87. The SMILES string of the molecule is CCCC(C(N)=NO)N1CCN(C(=O)C2CCCO2)CC1. The quantitative estimate of drug-likeness (QED) is 0.328. The Morgan fingerprint density at radius 3 is 2.67 bits per heavy atom. The average Bonchev–Trinajstić information content (AvgIpc) is 3.06. The van der Waals surface area contributed by atoms with Gasteiger partial charge in [-0.2, -0.15) is 0 Å². The maximum Gasteiger partial charge on any atom is 0.251 e. The van der Waals surface area contributed by atoms with Gasteiger partial charge >= 0.3 is 0 Å². The second-order valence-corrected chi connectivity index (χ2v) is 5.69. The Hall–Kier alpha value is -1.34. The molecule has 0 bridgehead atoms. The van der Waals surface area contributed by atoms with Crippen molar-refractivity contribution in [2.75, 3.05) is 32.8 Å². The number of ether oxygens (including phenoxy) is 1. The molecule has 2 rings (SSSR count). The molecule has 0 spiro atoms. The van der Waals surface area contributed by atoms with Gasteiger partial charge in [-0.05, 0) is 19.3 Å². The van der Waals surface area contributed by atoms with E-state index < -0.39 is 0 Å². The third-order valence-corrected chi connectivity index (χ3v) is 4.29. The molecule has 1 amide bonds. The summed E-state index contributed by atoms with van der Waals surface area (Å²) in [6.45, 7) is 5.63. The van der Waals surface area contributed by atoms with Crippen LogP contribution < -0.4 is 5.73 Å². The number of amides is 1. The predicted molar refractivity (Wildman–Crippen MR) is 79.2 cm³/mol. The molecule has 0 saturated carbocycles. The topological polar surface area (TPSA) is 91.4 Å². The number of nitrogens with zero attached hydrogens (tertiary/aromatic N) is 3. The van der Waals surface area contributed by atoms with Crippen LogP contribution in [0.4, 0.5) is 0 Å². The highest BCUT2D eigenvalue weighted by atomic mass is 16.5. The number of nitrogens with two attached hydrogens (primary N) is 1. The largest absolute Gasteiger partial charge is 0.409 e. The molecule has 3 N–H and O–H groups in total. The molecule has 2 atom stereocenters. The van der Waals surface area contributed by atoms with Crippen LogP contribution in [0.5, 0.6) is 0 Å². The van der Waals surface area contributed by atoms with Gasteiger partial charge < -0.3 is 20.6 Å². The lowest BCUT2D eigenvalue weighted by molar-refractivity contribution is -0.142. The van der Waals surface area contributed by atoms with Gasteiger partial charge in [-0.1, -0.05) is 18.5 Å². The summed E-state index contributed by atoms with van der Waals surface area (Å²) in [6.07, 6.45) is 3.39. The van der Waals surface area contributed by atoms with Crippen LogP contribution in [0.3, 0.4) is 0 Å². The van der Waals surface area contributed by atoms with Gasteiger partial charge in [-0.25, -0.2) is 0 Å². The van der Waals surface area contributed by atoms with Gasteiger partial charge in [0, 0.05) is 32.8 Å². The zero-order chi connectivity index (χ0) is 15.2. The maximum atomic E-state index is 12.3. The van der Waals surface area contributed by atoms with Gasteiger partial charge in [0.25, 0.3) is 5.91 Å². The molecule has 0 aliphatic carbocycles. The number of rotatable bonds is 5. The summed E-state index contributed by atoms with van der Waals surface area (Å²) in [5, 5.41) is 12.1. The first-order valence-corrected chi connectivity index (χ1v) is 7.79. The van der Waals surface area contributed by atoms with Crippen molar-refractivity contribution in [1.82, 2.24) is 9.80 Å². The molecule has 0 radical (unpaired) electrons. The third-order valence-electron chi connectivity index (χ3n) is 4.29. The number of carbonyl (C=O) groups is 1. The first kappa shape index (κ1) is 16.0. The third kappa shape index (κ3) is 3.85. The van der Waals surface area contributed by atoms with Crippen molar-refractivity contribution in [1.29, 1.82) is 0 Å². The van der Waals surface area contributed by atoms with Gasteiger partial charge in [-0.15, -0.1) is 0 Å². The zero-order valence-corrected chi connectivity index (χ0v) is 12.7. The van der Waals surface area contributed by atoms with Crippen LogP contribution in [-0.2, 0) is 9.53 Å². The molecule has 7 nitrogen and oxygen atoms in total. The highest BCUT2D eigenvalue weighted by Gasteiger charge is 2.32. The van der Waals surface area contributed by atoms with E-state index in [0.717, 1.165) is 38.8 Å². The molecule has 2 unspecified atom stereocenters. The van der Waals surface area contributed by atoms with E-state index in [9.17, 15) is 4.79 Å². The molecular formula is C14H26N4O3. The smallest absolute Gasteiger partial charge is 0.251 e. The number of carbonyl (C=O) groups excluding carboxylic acids is 1. The molecule has 120 valence electrons. The number of piperazine rings is 1. The fraction of sp³-hybridized carbons (Fsp3) is 0.857. The minimum Gasteiger partial charge on any atom is -0.409 e. The van der Waals surface area contributed by atoms with E-state index in [0.29, 0.717) is 19.7 Å². The van der Waals surface area contributed by atoms with Crippen molar-refractivity contribution < 1.29 is 14.7 Å². The van der Waals surface area contributed by atoms with Crippen LogP contribution in [0.2, 0.25) is 0 Å². The van der Waals surface area contributed by atoms with Gasteiger partial charge in [0.15, 0.2) is 5.84 Å². The van der Waals surface area contributed by atoms with Crippen molar-refractivity contribution in [3.63, 3.8) is 0 Å². The van der Waals surface area contributed by atoms with Gasteiger partial charge in [0.1, 0.15) is 6.10 Å².